The van der Waals surface area contributed by atoms with Gasteiger partial charge >= 0.3 is 5.97 Å². The zero-order chi connectivity index (χ0) is 17.9. The first kappa shape index (κ1) is 19.0. The van der Waals surface area contributed by atoms with Crippen LogP contribution in [0.3, 0.4) is 0 Å². The molecule has 0 unspecified atom stereocenters. The Labute approximate surface area is 146 Å². The maximum Gasteiger partial charge on any atom is 0.343 e. The number of carbonyl (C=O) groups excluding carboxylic acids is 1. The van der Waals surface area contributed by atoms with Crippen molar-refractivity contribution in [1.82, 2.24) is 0 Å². The van der Waals surface area contributed by atoms with Gasteiger partial charge in [-0.25, -0.2) is 4.79 Å². The minimum Gasteiger partial charge on any atom is -0.460 e. The summed E-state index contributed by atoms with van der Waals surface area (Å²) in [5.41, 5.74) is 0.853. The Morgan fingerprint density at radius 2 is 1.92 bits per heavy atom. The van der Waals surface area contributed by atoms with Crippen molar-refractivity contribution in [2.45, 2.75) is 65.6 Å². The average Bonchev–Trinajstić information content (AvgIpc) is 2.54. The third kappa shape index (κ3) is 3.83. The molecule has 0 heterocycles. The summed E-state index contributed by atoms with van der Waals surface area (Å²) in [5, 5.41) is 0. The van der Waals surface area contributed by atoms with Crippen molar-refractivity contribution < 1.29 is 14.3 Å². The molecule has 0 bridgehead atoms. The highest BCUT2D eigenvalue weighted by molar-refractivity contribution is 5.81. The molecular weight excluding hydrogens is 300 g/mol. The number of carbonyl (C=O) groups is 1. The standard InChI is InChI=1S/C21H32O3/c1-14(2)17-12-11-15(3)13-19(17)24-20(22)21(5,23-6)18-10-8-7-9-16(18)4/h7-10,14-15,17,19H,11-13H2,1-6H3/t15-,17+,19-,21+/m1/s1. The van der Waals surface area contributed by atoms with Gasteiger partial charge in [-0.1, -0.05) is 51.5 Å². The van der Waals surface area contributed by atoms with E-state index in [1.165, 1.54) is 6.42 Å². The van der Waals surface area contributed by atoms with Crippen molar-refractivity contribution in [2.75, 3.05) is 7.11 Å². The van der Waals surface area contributed by atoms with Gasteiger partial charge in [0.25, 0.3) is 0 Å². The maximum absolute atomic E-state index is 13.0. The molecule has 0 aliphatic heterocycles. The molecule has 0 aromatic heterocycles. The molecule has 24 heavy (non-hydrogen) atoms. The predicted molar refractivity (Wildman–Crippen MR) is 96.8 cm³/mol. The zero-order valence-corrected chi connectivity index (χ0v) is 16.0. The molecule has 2 rings (SSSR count). The Kier molecular flexibility index (Phi) is 6.08. The highest BCUT2D eigenvalue weighted by Crippen LogP contribution is 2.37. The van der Waals surface area contributed by atoms with Crippen LogP contribution in [-0.4, -0.2) is 19.2 Å². The number of benzene rings is 1. The van der Waals surface area contributed by atoms with Crippen LogP contribution in [0.4, 0.5) is 0 Å². The van der Waals surface area contributed by atoms with Crippen molar-refractivity contribution >= 4 is 5.97 Å². The molecular formula is C21H32O3. The SMILES string of the molecule is CO[C@](C)(C(=O)O[C@@H]1C[C@H](C)CC[C@H]1C(C)C)c1ccccc1C. The van der Waals surface area contributed by atoms with Gasteiger partial charge in [0, 0.05) is 7.11 Å². The van der Waals surface area contributed by atoms with Gasteiger partial charge in [0.1, 0.15) is 6.10 Å². The van der Waals surface area contributed by atoms with Crippen LogP contribution in [-0.2, 0) is 19.9 Å². The maximum atomic E-state index is 13.0. The fourth-order valence-electron chi connectivity index (χ4n) is 3.91. The smallest absolute Gasteiger partial charge is 0.343 e. The first-order valence-electron chi connectivity index (χ1n) is 9.12. The molecule has 1 aliphatic carbocycles. The summed E-state index contributed by atoms with van der Waals surface area (Å²) in [6, 6.07) is 7.85. The van der Waals surface area contributed by atoms with Crippen molar-refractivity contribution in [3.63, 3.8) is 0 Å². The third-order valence-electron chi connectivity index (χ3n) is 5.68. The first-order valence-corrected chi connectivity index (χ1v) is 9.12. The van der Waals surface area contributed by atoms with Gasteiger partial charge < -0.3 is 9.47 Å². The minimum absolute atomic E-state index is 0.0141. The molecule has 4 atom stereocenters. The summed E-state index contributed by atoms with van der Waals surface area (Å²) in [5.74, 6) is 1.28. The van der Waals surface area contributed by atoms with Gasteiger partial charge in [-0.3, -0.25) is 0 Å². The number of methoxy groups -OCH3 is 1. The highest BCUT2D eigenvalue weighted by Gasteiger charge is 2.42. The Bertz CT molecular complexity index is 566. The Morgan fingerprint density at radius 1 is 1.25 bits per heavy atom. The number of ether oxygens (including phenoxy) is 2. The number of hydrogen-bond acceptors (Lipinski definition) is 3. The topological polar surface area (TPSA) is 35.5 Å². The third-order valence-corrected chi connectivity index (χ3v) is 5.68. The summed E-state index contributed by atoms with van der Waals surface area (Å²) >= 11 is 0. The van der Waals surface area contributed by atoms with E-state index in [2.05, 4.69) is 20.8 Å². The first-order chi connectivity index (χ1) is 11.3. The number of hydrogen-bond donors (Lipinski definition) is 0. The van der Waals surface area contributed by atoms with Gasteiger partial charge in [-0.05, 0) is 55.6 Å². The fraction of sp³-hybridized carbons (Fsp3) is 0.667. The fourth-order valence-corrected chi connectivity index (χ4v) is 3.91. The van der Waals surface area contributed by atoms with E-state index in [9.17, 15) is 4.79 Å². The van der Waals surface area contributed by atoms with Crippen LogP contribution in [0.5, 0.6) is 0 Å². The van der Waals surface area contributed by atoms with Crippen molar-refractivity contribution in [2.24, 2.45) is 17.8 Å². The predicted octanol–water partition coefficient (Wildman–Crippen LogP) is 4.86. The molecule has 1 fully saturated rings. The van der Waals surface area contributed by atoms with Gasteiger partial charge in [-0.15, -0.1) is 0 Å². The van der Waals surface area contributed by atoms with Crippen LogP contribution in [0.25, 0.3) is 0 Å². The monoisotopic (exact) mass is 332 g/mol. The average molecular weight is 332 g/mol. The lowest BCUT2D eigenvalue weighted by molar-refractivity contribution is -0.180. The van der Waals surface area contributed by atoms with E-state index in [1.54, 1.807) is 7.11 Å². The Balaban J connectivity index is 2.23. The lowest BCUT2D eigenvalue weighted by atomic mass is 9.75. The van der Waals surface area contributed by atoms with E-state index in [0.717, 1.165) is 24.0 Å². The molecule has 0 radical (unpaired) electrons. The molecule has 1 aromatic carbocycles. The molecule has 1 aliphatic rings. The second kappa shape index (κ2) is 7.69. The minimum atomic E-state index is -1.06. The normalized spacial score (nSPS) is 26.9. The van der Waals surface area contributed by atoms with Gasteiger partial charge in [0.15, 0.2) is 5.60 Å². The van der Waals surface area contributed by atoms with E-state index in [0.29, 0.717) is 17.8 Å². The molecule has 134 valence electrons. The molecule has 0 saturated heterocycles. The summed E-state index contributed by atoms with van der Waals surface area (Å²) in [6.07, 6.45) is 3.28. The molecule has 0 spiro atoms. The molecule has 0 N–H and O–H groups in total. The quantitative estimate of drug-likeness (QED) is 0.722. The highest BCUT2D eigenvalue weighted by atomic mass is 16.6. The molecule has 1 aromatic rings. The van der Waals surface area contributed by atoms with Crippen LogP contribution >= 0.6 is 0 Å². The van der Waals surface area contributed by atoms with Crippen LogP contribution in [0, 0.1) is 24.7 Å². The number of rotatable bonds is 5. The zero-order valence-electron chi connectivity index (χ0n) is 16.0. The summed E-state index contributed by atoms with van der Waals surface area (Å²) in [6.45, 7) is 10.5. The molecule has 1 saturated carbocycles. The number of aryl methyl sites for hydroxylation is 1. The lowest BCUT2D eigenvalue weighted by Gasteiger charge is -2.38. The van der Waals surface area contributed by atoms with Crippen molar-refractivity contribution in [3.8, 4) is 0 Å². The molecule has 3 nitrogen and oxygen atoms in total. The summed E-state index contributed by atoms with van der Waals surface area (Å²) < 4.78 is 11.7. The largest absolute Gasteiger partial charge is 0.460 e. The second-order valence-electron chi connectivity index (χ2n) is 7.82. The van der Waals surface area contributed by atoms with Crippen LogP contribution in [0.15, 0.2) is 24.3 Å². The van der Waals surface area contributed by atoms with E-state index < -0.39 is 5.60 Å². The van der Waals surface area contributed by atoms with Crippen molar-refractivity contribution in [3.05, 3.63) is 35.4 Å². The second-order valence-corrected chi connectivity index (χ2v) is 7.82. The van der Waals surface area contributed by atoms with E-state index >= 15 is 0 Å². The molecule has 0 amide bonds. The van der Waals surface area contributed by atoms with Crippen LogP contribution in [0.1, 0.15) is 58.1 Å². The van der Waals surface area contributed by atoms with Gasteiger partial charge in [-0.2, -0.15) is 0 Å². The lowest BCUT2D eigenvalue weighted by Crippen LogP contribution is -2.43. The van der Waals surface area contributed by atoms with Gasteiger partial charge in [0.05, 0.1) is 0 Å². The van der Waals surface area contributed by atoms with E-state index in [4.69, 9.17) is 9.47 Å². The Morgan fingerprint density at radius 3 is 2.50 bits per heavy atom. The van der Waals surface area contributed by atoms with Crippen molar-refractivity contribution in [1.29, 1.82) is 0 Å². The van der Waals surface area contributed by atoms with E-state index in [1.807, 2.05) is 38.1 Å². The van der Waals surface area contributed by atoms with Crippen LogP contribution < -0.4 is 0 Å². The van der Waals surface area contributed by atoms with Crippen LogP contribution in [0.2, 0.25) is 0 Å². The van der Waals surface area contributed by atoms with E-state index in [-0.39, 0.29) is 12.1 Å². The number of esters is 1. The molecule has 3 heteroatoms. The summed E-state index contributed by atoms with van der Waals surface area (Å²) in [4.78, 5) is 13.0. The van der Waals surface area contributed by atoms with Gasteiger partial charge in [0.2, 0.25) is 0 Å². The summed E-state index contributed by atoms with van der Waals surface area (Å²) in [7, 11) is 1.58. The Hall–Kier alpha value is -1.35.